The van der Waals surface area contributed by atoms with E-state index >= 15 is 0 Å². The number of aromatic nitrogens is 2. The average Bonchev–Trinajstić information content (AvgIpc) is 2.68. The van der Waals surface area contributed by atoms with Crippen LogP contribution in [0.2, 0.25) is 5.02 Å². The fourth-order valence-electron chi connectivity index (χ4n) is 2.41. The molecule has 0 aliphatic carbocycles. The van der Waals surface area contributed by atoms with Gasteiger partial charge < -0.3 is 9.47 Å². The van der Waals surface area contributed by atoms with Crippen LogP contribution < -0.4 is 0 Å². The van der Waals surface area contributed by atoms with Crippen molar-refractivity contribution in [3.63, 3.8) is 0 Å². The largest absolute Gasteiger partial charge is 0.342 e. The maximum Gasteiger partial charge on any atom is 0.222 e. The molecule has 6 heteroatoms. The smallest absolute Gasteiger partial charge is 0.222 e. The van der Waals surface area contributed by atoms with E-state index in [2.05, 4.69) is 27.9 Å². The summed E-state index contributed by atoms with van der Waals surface area (Å²) in [5, 5.41) is 0.0664. The van der Waals surface area contributed by atoms with E-state index in [1.165, 1.54) is 12.1 Å². The topological polar surface area (TPSA) is 44.2 Å². The van der Waals surface area contributed by atoms with E-state index in [1.807, 2.05) is 13.0 Å². The Balaban J connectivity index is 1.60. The maximum absolute atomic E-state index is 13.5. The molecule has 2 heterocycles. The summed E-state index contributed by atoms with van der Waals surface area (Å²) >= 11 is 5.68. The fourth-order valence-corrected chi connectivity index (χ4v) is 2.53. The molecule has 0 unspecified atom stereocenters. The second-order valence-corrected chi connectivity index (χ2v) is 6.27. The summed E-state index contributed by atoms with van der Waals surface area (Å²) in [6.45, 7) is 3.25. The third-order valence-corrected chi connectivity index (χ3v) is 4.14. The molecule has 0 bridgehead atoms. The fraction of sp³-hybridized carbons (Fsp3) is 0.300. The molecule has 0 atom stereocenters. The van der Waals surface area contributed by atoms with Gasteiger partial charge in [0.25, 0.3) is 0 Å². The predicted octanol–water partition coefficient (Wildman–Crippen LogP) is 4.24. The molecule has 4 nitrogen and oxygen atoms in total. The van der Waals surface area contributed by atoms with Crippen LogP contribution in [0.5, 0.6) is 0 Å². The Hall–Kier alpha value is -2.26. The lowest BCUT2D eigenvalue weighted by Crippen LogP contribution is -2.30. The molecule has 0 radical (unpaired) electrons. The van der Waals surface area contributed by atoms with Gasteiger partial charge in [-0.05, 0) is 37.5 Å². The van der Waals surface area contributed by atoms with E-state index in [0.717, 1.165) is 6.42 Å². The number of rotatable bonds is 3. The monoisotopic (exact) mass is 372 g/mol. The van der Waals surface area contributed by atoms with Crippen molar-refractivity contribution < 1.29 is 13.9 Å². The Bertz CT molecular complexity index is 835. The lowest BCUT2D eigenvalue weighted by molar-refractivity contribution is -0.168. The third-order valence-electron chi connectivity index (χ3n) is 3.84. The minimum atomic E-state index is -0.540. The van der Waals surface area contributed by atoms with Gasteiger partial charge in [0.1, 0.15) is 5.82 Å². The van der Waals surface area contributed by atoms with E-state index in [1.54, 1.807) is 18.5 Å². The lowest BCUT2D eigenvalue weighted by Gasteiger charge is -2.25. The van der Waals surface area contributed by atoms with Gasteiger partial charge >= 0.3 is 0 Å². The number of ether oxygens (including phenoxy) is 2. The Labute approximate surface area is 157 Å². The van der Waals surface area contributed by atoms with Crippen molar-refractivity contribution in [1.29, 1.82) is 0 Å². The molecule has 2 aromatic rings. The number of halogens is 2. The quantitative estimate of drug-likeness (QED) is 0.597. The van der Waals surface area contributed by atoms with Crippen LogP contribution in [0.4, 0.5) is 4.39 Å². The molecule has 26 heavy (non-hydrogen) atoms. The molecule has 0 saturated carbocycles. The Morgan fingerprint density at radius 2 is 2.00 bits per heavy atom. The Morgan fingerprint density at radius 1 is 1.27 bits per heavy atom. The molecule has 0 amide bonds. The van der Waals surface area contributed by atoms with E-state index in [0.29, 0.717) is 36.1 Å². The van der Waals surface area contributed by atoms with E-state index in [-0.39, 0.29) is 5.02 Å². The Kier molecular flexibility index (Phi) is 6.35. The highest BCUT2D eigenvalue weighted by Crippen LogP contribution is 2.21. The third kappa shape index (κ3) is 4.89. The molecule has 3 rings (SSSR count). The average molecular weight is 373 g/mol. The minimum Gasteiger partial charge on any atom is -0.342 e. The molecule has 0 spiro atoms. The first-order valence-electron chi connectivity index (χ1n) is 8.29. The van der Waals surface area contributed by atoms with Gasteiger partial charge in [0.05, 0.1) is 23.8 Å². The maximum atomic E-state index is 13.5. The lowest BCUT2D eigenvalue weighted by atomic mass is 10.1. The first-order chi connectivity index (χ1) is 12.7. The van der Waals surface area contributed by atoms with Gasteiger partial charge in [-0.1, -0.05) is 29.7 Å². The first kappa shape index (κ1) is 18.5. The highest BCUT2D eigenvalue weighted by Gasteiger charge is 2.19. The van der Waals surface area contributed by atoms with Gasteiger partial charge in [0.15, 0.2) is 5.82 Å². The van der Waals surface area contributed by atoms with E-state index < -0.39 is 12.1 Å². The highest BCUT2D eigenvalue weighted by atomic mass is 35.5. The van der Waals surface area contributed by atoms with Crippen molar-refractivity contribution in [3.8, 4) is 23.2 Å². The molecule has 1 aliphatic rings. The normalized spacial score (nSPS) is 20.0. The number of benzene rings is 1. The number of hydrogen-bond donors (Lipinski definition) is 0. The molecule has 134 valence electrons. The molecule has 1 aromatic heterocycles. The van der Waals surface area contributed by atoms with Crippen LogP contribution in [0.25, 0.3) is 11.4 Å². The SMILES string of the molecule is C/C=C/CC1COC(C#Cc2cnc(-c3ccc(Cl)c(F)c3)nc2)OC1. The summed E-state index contributed by atoms with van der Waals surface area (Å²) < 4.78 is 24.7. The molecule has 1 aliphatic heterocycles. The van der Waals surface area contributed by atoms with Gasteiger partial charge in [-0.15, -0.1) is 0 Å². The van der Waals surface area contributed by atoms with Crippen molar-refractivity contribution in [3.05, 3.63) is 59.1 Å². The zero-order valence-corrected chi connectivity index (χ0v) is 15.0. The van der Waals surface area contributed by atoms with E-state index in [4.69, 9.17) is 21.1 Å². The first-order valence-corrected chi connectivity index (χ1v) is 8.67. The van der Waals surface area contributed by atoms with Crippen molar-refractivity contribution in [2.45, 2.75) is 19.6 Å². The van der Waals surface area contributed by atoms with Crippen LogP contribution in [0.3, 0.4) is 0 Å². The van der Waals surface area contributed by atoms with Crippen molar-refractivity contribution in [2.24, 2.45) is 5.92 Å². The molecule has 0 N–H and O–H groups in total. The second kappa shape index (κ2) is 8.91. The van der Waals surface area contributed by atoms with E-state index in [9.17, 15) is 4.39 Å². The zero-order valence-electron chi connectivity index (χ0n) is 14.3. The van der Waals surface area contributed by atoms with Crippen LogP contribution in [0.15, 0.2) is 42.7 Å². The van der Waals surface area contributed by atoms with Gasteiger partial charge in [-0.2, -0.15) is 0 Å². The van der Waals surface area contributed by atoms with Crippen LogP contribution in [-0.2, 0) is 9.47 Å². The number of nitrogens with zero attached hydrogens (tertiary/aromatic N) is 2. The molecule has 1 aromatic carbocycles. The highest BCUT2D eigenvalue weighted by molar-refractivity contribution is 6.30. The summed E-state index contributed by atoms with van der Waals surface area (Å²) in [5.41, 5.74) is 1.18. The summed E-state index contributed by atoms with van der Waals surface area (Å²) in [7, 11) is 0. The van der Waals surface area contributed by atoms with Gasteiger partial charge in [-0.3, -0.25) is 0 Å². The number of allylic oxidation sites excluding steroid dienone is 2. The van der Waals surface area contributed by atoms with Gasteiger partial charge in [0.2, 0.25) is 6.29 Å². The number of hydrogen-bond acceptors (Lipinski definition) is 4. The van der Waals surface area contributed by atoms with Crippen molar-refractivity contribution >= 4 is 11.6 Å². The van der Waals surface area contributed by atoms with Gasteiger partial charge in [0, 0.05) is 23.9 Å². The van der Waals surface area contributed by atoms with Crippen LogP contribution in [0, 0.1) is 23.6 Å². The molecular weight excluding hydrogens is 355 g/mol. The van der Waals surface area contributed by atoms with Crippen LogP contribution in [-0.4, -0.2) is 29.5 Å². The van der Waals surface area contributed by atoms with Crippen molar-refractivity contribution in [1.82, 2.24) is 9.97 Å². The van der Waals surface area contributed by atoms with Crippen molar-refractivity contribution in [2.75, 3.05) is 13.2 Å². The standard InChI is InChI=1S/C20H18ClFN2O2/c1-2-3-4-15-12-25-19(26-13-15)8-5-14-10-23-20(24-11-14)16-6-7-17(21)18(22)9-16/h2-3,6-7,9-11,15,19H,4,12-13H2,1H3/b3-2+. The summed E-state index contributed by atoms with van der Waals surface area (Å²) in [4.78, 5) is 8.43. The molecule has 1 saturated heterocycles. The second-order valence-electron chi connectivity index (χ2n) is 5.86. The predicted molar refractivity (Wildman–Crippen MR) is 97.9 cm³/mol. The molecular formula is C20H18ClFN2O2. The van der Waals surface area contributed by atoms with Crippen LogP contribution in [0.1, 0.15) is 18.9 Å². The summed E-state index contributed by atoms with van der Waals surface area (Å²) in [6, 6.07) is 4.45. The zero-order chi connectivity index (χ0) is 18.4. The minimum absolute atomic E-state index is 0.0664. The summed E-state index contributed by atoms with van der Waals surface area (Å²) in [5.74, 6) is 6.13. The van der Waals surface area contributed by atoms with Crippen LogP contribution >= 0.6 is 11.6 Å². The molecule has 1 fully saturated rings. The Morgan fingerprint density at radius 3 is 2.65 bits per heavy atom. The summed E-state index contributed by atoms with van der Waals surface area (Å²) in [6.07, 6.45) is 7.70. The van der Waals surface area contributed by atoms with Gasteiger partial charge in [-0.25, -0.2) is 14.4 Å².